The Bertz CT molecular complexity index is 278. The van der Waals surface area contributed by atoms with E-state index in [1.54, 1.807) is 0 Å². The van der Waals surface area contributed by atoms with Gasteiger partial charge in [-0.2, -0.15) is 0 Å². The van der Waals surface area contributed by atoms with Gasteiger partial charge < -0.3 is 15.4 Å². The Balaban J connectivity index is 2.11. The minimum Gasteiger partial charge on any atom is -0.374 e. The predicted octanol–water partition coefficient (Wildman–Crippen LogP) is 0.894. The molecule has 3 atom stereocenters. The maximum atomic E-state index is 12.3. The number of carbonyl (C=O) groups is 1. The van der Waals surface area contributed by atoms with E-state index in [1.165, 1.54) is 0 Å². The van der Waals surface area contributed by atoms with Gasteiger partial charge in [0.2, 0.25) is 5.91 Å². The van der Waals surface area contributed by atoms with Gasteiger partial charge in [-0.3, -0.25) is 4.79 Å². The molecule has 2 rings (SSSR count). The van der Waals surface area contributed by atoms with E-state index < -0.39 is 5.54 Å². The van der Waals surface area contributed by atoms with Crippen LogP contribution in [0.25, 0.3) is 0 Å². The molecule has 4 nitrogen and oxygen atoms in total. The maximum absolute atomic E-state index is 12.3. The van der Waals surface area contributed by atoms with Crippen LogP contribution in [-0.4, -0.2) is 41.6 Å². The van der Waals surface area contributed by atoms with Crippen molar-refractivity contribution < 1.29 is 9.53 Å². The highest BCUT2D eigenvalue weighted by atomic mass is 16.5. The van der Waals surface area contributed by atoms with Crippen molar-refractivity contribution >= 4 is 5.91 Å². The number of carbonyl (C=O) groups excluding carboxylic acids is 1. The van der Waals surface area contributed by atoms with Crippen LogP contribution >= 0.6 is 0 Å². The summed E-state index contributed by atoms with van der Waals surface area (Å²) < 4.78 is 5.69. The summed E-state index contributed by atoms with van der Waals surface area (Å²) in [7, 11) is 0. The highest BCUT2D eigenvalue weighted by Gasteiger charge is 2.42. The van der Waals surface area contributed by atoms with Crippen LogP contribution in [0.1, 0.15) is 39.5 Å². The Hall–Kier alpha value is -0.610. The number of hydrogen-bond donors (Lipinski definition) is 1. The van der Waals surface area contributed by atoms with Crippen LogP contribution in [-0.2, 0) is 9.53 Å². The van der Waals surface area contributed by atoms with Gasteiger partial charge in [-0.25, -0.2) is 0 Å². The maximum Gasteiger partial charge on any atom is 0.242 e. The SMILES string of the molecule is CCC(C)(N)C(=O)N1CCOC2CCCC21. The van der Waals surface area contributed by atoms with Crippen LogP contribution in [0.15, 0.2) is 0 Å². The number of hydrogen-bond acceptors (Lipinski definition) is 3. The molecule has 92 valence electrons. The van der Waals surface area contributed by atoms with Crippen molar-refractivity contribution in [3.63, 3.8) is 0 Å². The van der Waals surface area contributed by atoms with E-state index in [-0.39, 0.29) is 18.1 Å². The summed E-state index contributed by atoms with van der Waals surface area (Å²) >= 11 is 0. The highest BCUT2D eigenvalue weighted by molar-refractivity contribution is 5.86. The summed E-state index contributed by atoms with van der Waals surface area (Å²) in [5.74, 6) is 0.0928. The quantitative estimate of drug-likeness (QED) is 0.761. The van der Waals surface area contributed by atoms with Crippen LogP contribution in [0.2, 0.25) is 0 Å². The molecule has 1 aliphatic heterocycles. The minimum atomic E-state index is -0.718. The fraction of sp³-hybridized carbons (Fsp3) is 0.917. The number of nitrogens with two attached hydrogens (primary N) is 1. The third-order valence-electron chi connectivity index (χ3n) is 3.97. The molecule has 1 aliphatic carbocycles. The summed E-state index contributed by atoms with van der Waals surface area (Å²) in [6, 6.07) is 0.274. The van der Waals surface area contributed by atoms with Crippen molar-refractivity contribution in [3.05, 3.63) is 0 Å². The van der Waals surface area contributed by atoms with Gasteiger partial charge in [-0.05, 0) is 32.6 Å². The van der Waals surface area contributed by atoms with E-state index in [9.17, 15) is 4.79 Å². The van der Waals surface area contributed by atoms with E-state index in [2.05, 4.69) is 0 Å². The lowest BCUT2D eigenvalue weighted by atomic mass is 9.96. The first-order chi connectivity index (χ1) is 7.56. The van der Waals surface area contributed by atoms with E-state index in [4.69, 9.17) is 10.5 Å². The molecule has 0 aromatic carbocycles. The molecule has 1 heterocycles. The molecule has 0 radical (unpaired) electrons. The molecule has 0 bridgehead atoms. The second-order valence-electron chi connectivity index (χ2n) is 5.18. The van der Waals surface area contributed by atoms with Crippen LogP contribution in [0.5, 0.6) is 0 Å². The van der Waals surface area contributed by atoms with Crippen molar-refractivity contribution in [1.82, 2.24) is 4.90 Å². The number of nitrogens with zero attached hydrogens (tertiary/aromatic N) is 1. The molecule has 4 heteroatoms. The zero-order valence-electron chi connectivity index (χ0n) is 10.2. The largest absolute Gasteiger partial charge is 0.374 e. The molecule has 2 fully saturated rings. The van der Waals surface area contributed by atoms with E-state index in [0.717, 1.165) is 19.3 Å². The average molecular weight is 226 g/mol. The van der Waals surface area contributed by atoms with E-state index in [0.29, 0.717) is 19.6 Å². The smallest absolute Gasteiger partial charge is 0.242 e. The van der Waals surface area contributed by atoms with Crippen LogP contribution in [0.3, 0.4) is 0 Å². The Kier molecular flexibility index (Phi) is 3.22. The van der Waals surface area contributed by atoms with Crippen LogP contribution in [0.4, 0.5) is 0 Å². The molecule has 0 aromatic heterocycles. The fourth-order valence-electron chi connectivity index (χ4n) is 2.66. The first-order valence-corrected chi connectivity index (χ1v) is 6.28. The second-order valence-corrected chi connectivity index (χ2v) is 5.18. The lowest BCUT2D eigenvalue weighted by Crippen LogP contribution is -2.60. The van der Waals surface area contributed by atoms with Gasteiger partial charge in [-0.15, -0.1) is 0 Å². The first-order valence-electron chi connectivity index (χ1n) is 6.28. The summed E-state index contributed by atoms with van der Waals surface area (Å²) in [5, 5.41) is 0. The monoisotopic (exact) mass is 226 g/mol. The van der Waals surface area contributed by atoms with Gasteiger partial charge in [0.25, 0.3) is 0 Å². The van der Waals surface area contributed by atoms with Crippen molar-refractivity contribution in [2.45, 2.75) is 57.2 Å². The highest BCUT2D eigenvalue weighted by Crippen LogP contribution is 2.31. The number of ether oxygens (including phenoxy) is 1. The van der Waals surface area contributed by atoms with Gasteiger partial charge in [-0.1, -0.05) is 6.92 Å². The van der Waals surface area contributed by atoms with E-state index in [1.807, 2.05) is 18.7 Å². The number of amides is 1. The molecule has 1 amide bonds. The summed E-state index contributed by atoms with van der Waals surface area (Å²) in [4.78, 5) is 14.3. The zero-order chi connectivity index (χ0) is 11.8. The normalized spacial score (nSPS) is 33.3. The van der Waals surface area contributed by atoms with Gasteiger partial charge in [0.05, 0.1) is 24.3 Å². The Labute approximate surface area is 97.1 Å². The molecule has 0 aromatic rings. The summed E-state index contributed by atoms with van der Waals surface area (Å²) in [5.41, 5.74) is 5.32. The standard InChI is InChI=1S/C12H22N2O2/c1-3-12(2,13)11(15)14-7-8-16-10-6-4-5-9(10)14/h9-10H,3-8,13H2,1-2H3. The van der Waals surface area contributed by atoms with Gasteiger partial charge in [0, 0.05) is 6.54 Å². The molecule has 1 saturated carbocycles. The summed E-state index contributed by atoms with van der Waals surface area (Å²) in [6.45, 7) is 5.15. The average Bonchev–Trinajstić information content (AvgIpc) is 2.75. The fourth-order valence-corrected chi connectivity index (χ4v) is 2.66. The molecular formula is C12H22N2O2. The molecule has 16 heavy (non-hydrogen) atoms. The Morgan fingerprint density at radius 2 is 2.31 bits per heavy atom. The zero-order valence-corrected chi connectivity index (χ0v) is 10.2. The van der Waals surface area contributed by atoms with Crippen molar-refractivity contribution in [3.8, 4) is 0 Å². The van der Waals surface area contributed by atoms with E-state index >= 15 is 0 Å². The first kappa shape index (κ1) is 11.9. The molecule has 2 aliphatic rings. The second kappa shape index (κ2) is 4.34. The van der Waals surface area contributed by atoms with Crippen LogP contribution in [0, 0.1) is 0 Å². The molecule has 1 saturated heterocycles. The van der Waals surface area contributed by atoms with Gasteiger partial charge in [0.1, 0.15) is 0 Å². The molecule has 3 unspecified atom stereocenters. The van der Waals surface area contributed by atoms with Crippen molar-refractivity contribution in [2.24, 2.45) is 5.73 Å². The lowest BCUT2D eigenvalue weighted by molar-refractivity contribution is -0.149. The van der Waals surface area contributed by atoms with Crippen molar-refractivity contribution in [1.29, 1.82) is 0 Å². The molecular weight excluding hydrogens is 204 g/mol. The van der Waals surface area contributed by atoms with Crippen LogP contribution < -0.4 is 5.73 Å². The molecule has 2 N–H and O–H groups in total. The number of rotatable bonds is 2. The predicted molar refractivity (Wildman–Crippen MR) is 62.0 cm³/mol. The topological polar surface area (TPSA) is 55.6 Å². The lowest BCUT2D eigenvalue weighted by Gasteiger charge is -2.41. The summed E-state index contributed by atoms with van der Waals surface area (Å²) in [6.07, 6.45) is 4.25. The molecule has 0 spiro atoms. The van der Waals surface area contributed by atoms with Gasteiger partial charge in [0.15, 0.2) is 0 Å². The number of fused-ring (bicyclic) bond motifs is 1. The van der Waals surface area contributed by atoms with Crippen molar-refractivity contribution in [2.75, 3.05) is 13.2 Å². The minimum absolute atomic E-state index is 0.0928. The van der Waals surface area contributed by atoms with Gasteiger partial charge >= 0.3 is 0 Å². The number of morpholine rings is 1. The Morgan fingerprint density at radius 3 is 3.00 bits per heavy atom. The third-order valence-corrected chi connectivity index (χ3v) is 3.97. The third kappa shape index (κ3) is 1.96. The Morgan fingerprint density at radius 1 is 1.56 bits per heavy atom.